The van der Waals surface area contributed by atoms with E-state index in [1.165, 1.54) is 7.11 Å². The fourth-order valence-electron chi connectivity index (χ4n) is 6.80. The van der Waals surface area contributed by atoms with E-state index in [0.29, 0.717) is 64.0 Å². The molecule has 4 N–H and O–H groups in total. The van der Waals surface area contributed by atoms with Crippen LogP contribution in [0.5, 0.6) is 0 Å². The van der Waals surface area contributed by atoms with Gasteiger partial charge in [0.05, 0.1) is 36.4 Å². The number of hydrogen-bond acceptors (Lipinski definition) is 11. The van der Waals surface area contributed by atoms with Crippen molar-refractivity contribution in [2.75, 3.05) is 39.8 Å². The van der Waals surface area contributed by atoms with Crippen LogP contribution in [-0.2, 0) is 28.5 Å². The lowest BCUT2D eigenvalue weighted by Gasteiger charge is -2.38. The number of ether oxygens (including phenoxy) is 4. The molecule has 0 saturated carbocycles. The van der Waals surface area contributed by atoms with Crippen LogP contribution in [-0.4, -0.2) is 136 Å². The van der Waals surface area contributed by atoms with Gasteiger partial charge in [-0.2, -0.15) is 0 Å². The summed E-state index contributed by atoms with van der Waals surface area (Å²) in [6.45, 7) is 13.9. The Morgan fingerprint density at radius 1 is 1.22 bits per heavy atom. The maximum atomic E-state index is 13.4. The van der Waals surface area contributed by atoms with Gasteiger partial charge in [0.25, 0.3) is 0 Å². The lowest BCUT2D eigenvalue weighted by atomic mass is 9.88. The van der Waals surface area contributed by atoms with Crippen LogP contribution in [0.2, 0.25) is 0 Å². The van der Waals surface area contributed by atoms with Gasteiger partial charge in [0, 0.05) is 58.0 Å². The predicted molar refractivity (Wildman–Crippen MR) is 191 cm³/mol. The van der Waals surface area contributed by atoms with Crippen molar-refractivity contribution in [3.05, 3.63) is 36.0 Å². The Kier molecular flexibility index (Phi) is 16.1. The molecule has 0 aliphatic carbocycles. The van der Waals surface area contributed by atoms with Crippen molar-refractivity contribution in [1.29, 1.82) is 0 Å². The molecule has 1 unspecified atom stereocenters. The molecule has 10 atom stereocenters. The number of esters is 1. The summed E-state index contributed by atoms with van der Waals surface area (Å²) < 4.78 is 23.6. The van der Waals surface area contributed by atoms with Gasteiger partial charge >= 0.3 is 18.0 Å². The van der Waals surface area contributed by atoms with E-state index >= 15 is 0 Å². The first-order chi connectivity index (χ1) is 24.0. The molecule has 0 aromatic carbocycles. The first-order valence-corrected chi connectivity index (χ1v) is 18.4. The number of hydrogen-bond donors (Lipinski definition) is 4. The number of carbonyl (C=O) groups excluding carboxylic acids is 2. The van der Waals surface area contributed by atoms with E-state index in [-0.39, 0.29) is 43.3 Å². The number of allylic oxidation sites excluding steroid dienone is 2. The Labute approximate surface area is 303 Å². The lowest BCUT2D eigenvalue weighted by molar-refractivity contribution is -0.151. The minimum absolute atomic E-state index is 0.0190. The molecule has 3 aliphatic rings. The number of nitrogens with zero attached hydrogens (tertiary/aromatic N) is 2. The second-order valence-corrected chi connectivity index (χ2v) is 15.0. The highest BCUT2D eigenvalue weighted by Crippen LogP contribution is 2.37. The summed E-state index contributed by atoms with van der Waals surface area (Å²) >= 11 is 0. The molecule has 51 heavy (non-hydrogen) atoms. The second kappa shape index (κ2) is 19.3. The predicted octanol–water partition coefficient (Wildman–Crippen LogP) is 3.85. The van der Waals surface area contributed by atoms with Crippen LogP contribution < -0.4 is 0 Å². The van der Waals surface area contributed by atoms with Gasteiger partial charge < -0.3 is 44.3 Å². The molecule has 0 aromatic rings. The Morgan fingerprint density at radius 3 is 2.53 bits per heavy atom. The maximum absolute atomic E-state index is 13.4. The SMILES string of the molecule is CC[C@H](O)[C@@H](C)[C@H]1O[C@@H]1CC(C)(O)/C=C/C=C(\C)[C@H]1OC(=O)C[C@H](O)CC[C@@](C)(OC)[C@@H](OC(=O)N2CCN(CCCC(=O)O)CC2)/C=C/[C@@H]1C. The molecule has 13 nitrogen and oxygen atoms in total. The zero-order valence-electron chi connectivity index (χ0n) is 31.5. The van der Waals surface area contributed by atoms with E-state index in [1.807, 2.05) is 40.7 Å². The lowest BCUT2D eigenvalue weighted by Crippen LogP contribution is -2.51. The highest BCUT2D eigenvalue weighted by Gasteiger charge is 2.47. The molecule has 290 valence electrons. The summed E-state index contributed by atoms with van der Waals surface area (Å²) in [4.78, 5) is 41.0. The highest BCUT2D eigenvalue weighted by atomic mass is 16.6. The van der Waals surface area contributed by atoms with E-state index in [1.54, 1.807) is 36.1 Å². The van der Waals surface area contributed by atoms with Crippen molar-refractivity contribution in [2.45, 2.75) is 134 Å². The number of aliphatic hydroxyl groups excluding tert-OH is 2. The molecule has 2 saturated heterocycles. The molecule has 0 radical (unpaired) electrons. The second-order valence-electron chi connectivity index (χ2n) is 15.0. The number of methoxy groups -OCH3 is 1. The van der Waals surface area contributed by atoms with Crippen LogP contribution in [0.15, 0.2) is 36.0 Å². The zero-order valence-corrected chi connectivity index (χ0v) is 31.5. The third-order valence-electron chi connectivity index (χ3n) is 10.5. The Bertz CT molecular complexity index is 1240. The van der Waals surface area contributed by atoms with Crippen LogP contribution >= 0.6 is 0 Å². The fraction of sp³-hybridized carbons (Fsp3) is 0.763. The first-order valence-electron chi connectivity index (χ1n) is 18.4. The smallest absolute Gasteiger partial charge is 0.410 e. The van der Waals surface area contributed by atoms with E-state index < -0.39 is 53.6 Å². The Balaban J connectivity index is 1.73. The van der Waals surface area contributed by atoms with Gasteiger partial charge in [-0.1, -0.05) is 45.1 Å². The third-order valence-corrected chi connectivity index (χ3v) is 10.5. The summed E-state index contributed by atoms with van der Waals surface area (Å²) in [7, 11) is 1.53. The van der Waals surface area contributed by atoms with E-state index in [4.69, 9.17) is 24.1 Å². The number of epoxide rings is 1. The summed E-state index contributed by atoms with van der Waals surface area (Å²) in [5, 5.41) is 40.9. The van der Waals surface area contributed by atoms with Gasteiger partial charge in [-0.25, -0.2) is 4.79 Å². The molecule has 0 aromatic heterocycles. The highest BCUT2D eigenvalue weighted by molar-refractivity contribution is 5.70. The van der Waals surface area contributed by atoms with Crippen molar-refractivity contribution in [3.63, 3.8) is 0 Å². The molecule has 3 aliphatic heterocycles. The van der Waals surface area contributed by atoms with E-state index in [9.17, 15) is 29.7 Å². The average Bonchev–Trinajstić information content (AvgIpc) is 3.84. The minimum Gasteiger partial charge on any atom is -0.481 e. The number of aliphatic hydroxyl groups is 3. The topological polar surface area (TPSA) is 179 Å². The largest absolute Gasteiger partial charge is 0.481 e. The number of piperazine rings is 1. The zero-order chi connectivity index (χ0) is 37.9. The summed E-state index contributed by atoms with van der Waals surface area (Å²) in [5.41, 5.74) is -1.45. The molecule has 13 heteroatoms. The van der Waals surface area contributed by atoms with Crippen LogP contribution in [0, 0.1) is 11.8 Å². The van der Waals surface area contributed by atoms with Gasteiger partial charge in [-0.3, -0.25) is 14.5 Å². The Hall–Kier alpha value is -2.81. The molecule has 3 rings (SSSR count). The number of aliphatic carboxylic acids is 1. The number of cyclic esters (lactones) is 1. The monoisotopic (exact) mass is 722 g/mol. The molecule has 2 fully saturated rings. The number of amides is 1. The molecular weight excluding hydrogens is 660 g/mol. The van der Waals surface area contributed by atoms with Crippen LogP contribution in [0.25, 0.3) is 0 Å². The van der Waals surface area contributed by atoms with Crippen molar-refractivity contribution in [1.82, 2.24) is 9.80 Å². The maximum Gasteiger partial charge on any atom is 0.410 e. The van der Waals surface area contributed by atoms with Crippen molar-refractivity contribution >= 4 is 18.0 Å². The summed E-state index contributed by atoms with van der Waals surface area (Å²) in [6, 6.07) is 0. The van der Waals surface area contributed by atoms with Crippen LogP contribution in [0.3, 0.4) is 0 Å². The quantitative estimate of drug-likeness (QED) is 0.0883. The first kappa shape index (κ1) is 42.6. The normalized spacial score (nSPS) is 32.9. The summed E-state index contributed by atoms with van der Waals surface area (Å²) in [5.74, 6) is -1.74. The summed E-state index contributed by atoms with van der Waals surface area (Å²) in [6.07, 6.45) is 7.08. The van der Waals surface area contributed by atoms with Gasteiger partial charge in [0.15, 0.2) is 6.10 Å². The fourth-order valence-corrected chi connectivity index (χ4v) is 6.80. The number of carbonyl (C=O) groups is 3. The van der Waals surface area contributed by atoms with Gasteiger partial charge in [-0.15, -0.1) is 0 Å². The molecule has 0 bridgehead atoms. The number of carboxylic acids is 1. The van der Waals surface area contributed by atoms with E-state index in [0.717, 1.165) is 0 Å². The van der Waals surface area contributed by atoms with Crippen molar-refractivity contribution < 1.29 is 53.8 Å². The average molecular weight is 723 g/mol. The molecule has 3 heterocycles. The standard InChI is InChI=1S/C38H62N2O11/c1-8-29(42)27(4)35-30(49-35)24-37(5,47)16-9-11-25(2)34-26(3)13-14-31(38(6,48-7)17-15-28(41)23-33(45)51-34)50-36(46)40-21-19-39(20-22-40)18-10-12-32(43)44/h9,11,13-14,16,26-31,34-35,41-42,47H,8,10,12,15,17-24H2,1-7H3,(H,43,44)/b14-13+,16-9+,25-11+/t26-,27+,28+,29-,30+,31-,34+,35+,37?,38+/m0/s1. The minimum atomic E-state index is -1.17. The van der Waals surface area contributed by atoms with Crippen molar-refractivity contribution in [2.24, 2.45) is 11.8 Å². The van der Waals surface area contributed by atoms with Crippen molar-refractivity contribution in [3.8, 4) is 0 Å². The van der Waals surface area contributed by atoms with E-state index in [2.05, 4.69) is 4.90 Å². The van der Waals surface area contributed by atoms with Gasteiger partial charge in [-0.05, 0) is 64.6 Å². The molecular formula is C38H62N2O11. The van der Waals surface area contributed by atoms with Gasteiger partial charge in [0.2, 0.25) is 0 Å². The van der Waals surface area contributed by atoms with Crippen LogP contribution in [0.4, 0.5) is 4.79 Å². The Morgan fingerprint density at radius 2 is 1.90 bits per heavy atom. The molecule has 1 amide bonds. The van der Waals surface area contributed by atoms with Gasteiger partial charge in [0.1, 0.15) is 11.7 Å². The third kappa shape index (κ3) is 13.3. The molecule has 0 spiro atoms. The number of carboxylic acid groups (broad SMARTS) is 1. The van der Waals surface area contributed by atoms with Crippen LogP contribution in [0.1, 0.15) is 86.5 Å². The number of rotatable bonds is 14.